The summed E-state index contributed by atoms with van der Waals surface area (Å²) in [5, 5.41) is 5.22. The van der Waals surface area contributed by atoms with Crippen molar-refractivity contribution in [1.29, 1.82) is 0 Å². The van der Waals surface area contributed by atoms with Gasteiger partial charge in [-0.2, -0.15) is 18.3 Å². The lowest BCUT2D eigenvalue weighted by Gasteiger charge is -2.14. The van der Waals surface area contributed by atoms with E-state index in [1.54, 1.807) is 36.0 Å². The van der Waals surface area contributed by atoms with Crippen molar-refractivity contribution < 1.29 is 13.2 Å². The molecule has 1 aromatic carbocycles. The molecule has 5 nitrogen and oxygen atoms in total. The number of fused-ring (bicyclic) bond motifs is 1. The topological polar surface area (TPSA) is 69.6 Å². The summed E-state index contributed by atoms with van der Waals surface area (Å²) < 4.78 is 41.7. The van der Waals surface area contributed by atoms with Gasteiger partial charge in [-0.15, -0.1) is 0 Å². The molecule has 1 atom stereocenters. The number of hydrogen-bond donors (Lipinski definition) is 1. The van der Waals surface area contributed by atoms with E-state index in [-0.39, 0.29) is 11.4 Å². The molecular formula is C21H18F3N5. The Kier molecular flexibility index (Phi) is 4.58. The van der Waals surface area contributed by atoms with Crippen molar-refractivity contribution in [3.05, 3.63) is 71.7 Å². The van der Waals surface area contributed by atoms with E-state index in [1.807, 2.05) is 25.1 Å². The van der Waals surface area contributed by atoms with Gasteiger partial charge in [0.05, 0.1) is 28.7 Å². The van der Waals surface area contributed by atoms with Crippen LogP contribution in [0.25, 0.3) is 28.0 Å². The SMILES string of the molecule is Cc1cccc(-n2ncc3ccc(-c4cc(C(F)(F)F)cc(C(C)N)n4)cc32)n1. The number of pyridine rings is 2. The third-order valence-corrected chi connectivity index (χ3v) is 4.60. The zero-order valence-corrected chi connectivity index (χ0v) is 15.8. The van der Waals surface area contributed by atoms with Crippen LogP contribution in [0.15, 0.2) is 54.7 Å². The largest absolute Gasteiger partial charge is 0.416 e. The molecule has 0 saturated carbocycles. The number of nitrogens with two attached hydrogens (primary N) is 1. The number of alkyl halides is 3. The Morgan fingerprint density at radius 2 is 1.83 bits per heavy atom. The van der Waals surface area contributed by atoms with Gasteiger partial charge >= 0.3 is 6.18 Å². The first-order valence-corrected chi connectivity index (χ1v) is 8.99. The predicted octanol–water partition coefficient (Wildman–Crippen LogP) is 4.83. The summed E-state index contributed by atoms with van der Waals surface area (Å²) in [6.45, 7) is 3.48. The molecular weight excluding hydrogens is 379 g/mol. The highest BCUT2D eigenvalue weighted by atomic mass is 19.4. The van der Waals surface area contributed by atoms with Crippen molar-refractivity contribution in [2.24, 2.45) is 5.73 Å². The predicted molar refractivity (Wildman–Crippen MR) is 104 cm³/mol. The standard InChI is InChI=1S/C21H18F3N5/c1-12-4-3-5-20(27-12)29-19-8-14(6-7-15(19)11-26-29)18-10-16(21(22,23)24)9-17(28-18)13(2)25/h3-11,13H,25H2,1-2H3. The molecule has 1 unspecified atom stereocenters. The molecule has 4 aromatic rings. The Morgan fingerprint density at radius 3 is 2.52 bits per heavy atom. The third-order valence-electron chi connectivity index (χ3n) is 4.60. The van der Waals surface area contributed by atoms with E-state index in [1.165, 1.54) is 0 Å². The lowest BCUT2D eigenvalue weighted by molar-refractivity contribution is -0.137. The molecule has 0 spiro atoms. The quantitative estimate of drug-likeness (QED) is 0.538. The number of aromatic nitrogens is 4. The van der Waals surface area contributed by atoms with Crippen LogP contribution in [0, 0.1) is 6.92 Å². The summed E-state index contributed by atoms with van der Waals surface area (Å²) in [6, 6.07) is 12.3. The molecule has 4 rings (SSSR count). The van der Waals surface area contributed by atoms with Gasteiger partial charge in [-0.25, -0.2) is 9.67 Å². The van der Waals surface area contributed by atoms with Crippen LogP contribution in [0.2, 0.25) is 0 Å². The Bertz CT molecular complexity index is 1190. The second kappa shape index (κ2) is 6.97. The Balaban J connectivity index is 1.89. The lowest BCUT2D eigenvalue weighted by Crippen LogP contribution is -2.12. The average Bonchev–Trinajstić information content (AvgIpc) is 3.10. The van der Waals surface area contributed by atoms with Crippen molar-refractivity contribution in [2.75, 3.05) is 0 Å². The first-order chi connectivity index (χ1) is 13.7. The lowest BCUT2D eigenvalue weighted by atomic mass is 10.0. The van der Waals surface area contributed by atoms with E-state index >= 15 is 0 Å². The molecule has 0 aliphatic carbocycles. The van der Waals surface area contributed by atoms with Gasteiger partial charge in [0.1, 0.15) is 0 Å². The summed E-state index contributed by atoms with van der Waals surface area (Å²) in [5.74, 6) is 0.630. The monoisotopic (exact) mass is 397 g/mol. The zero-order chi connectivity index (χ0) is 20.8. The number of nitrogens with zero attached hydrogens (tertiary/aromatic N) is 4. The van der Waals surface area contributed by atoms with Crippen molar-refractivity contribution in [2.45, 2.75) is 26.1 Å². The molecule has 2 N–H and O–H groups in total. The number of rotatable bonds is 3. The minimum Gasteiger partial charge on any atom is -0.323 e. The molecule has 0 aliphatic heterocycles. The van der Waals surface area contributed by atoms with Gasteiger partial charge in [0.2, 0.25) is 0 Å². The van der Waals surface area contributed by atoms with Crippen molar-refractivity contribution in [1.82, 2.24) is 19.7 Å². The van der Waals surface area contributed by atoms with Gasteiger partial charge in [-0.3, -0.25) is 4.98 Å². The van der Waals surface area contributed by atoms with Crippen LogP contribution in [0.3, 0.4) is 0 Å². The number of hydrogen-bond acceptors (Lipinski definition) is 4. The van der Waals surface area contributed by atoms with Gasteiger partial charge in [-0.05, 0) is 44.2 Å². The van der Waals surface area contributed by atoms with E-state index in [2.05, 4.69) is 15.1 Å². The summed E-state index contributed by atoms with van der Waals surface area (Å²) in [7, 11) is 0. The molecule has 3 heterocycles. The molecule has 0 bridgehead atoms. The Morgan fingerprint density at radius 1 is 1.03 bits per heavy atom. The molecule has 0 aliphatic rings. The Hall–Kier alpha value is -3.26. The van der Waals surface area contributed by atoms with Gasteiger partial charge in [0.15, 0.2) is 5.82 Å². The van der Waals surface area contributed by atoms with Crippen LogP contribution in [-0.4, -0.2) is 19.7 Å². The number of halogens is 3. The molecule has 0 amide bonds. The Labute approximate surface area is 165 Å². The van der Waals surface area contributed by atoms with Gasteiger partial charge < -0.3 is 5.73 Å². The highest BCUT2D eigenvalue weighted by Gasteiger charge is 2.32. The zero-order valence-electron chi connectivity index (χ0n) is 15.8. The molecule has 29 heavy (non-hydrogen) atoms. The second-order valence-electron chi connectivity index (χ2n) is 6.92. The highest BCUT2D eigenvalue weighted by Crippen LogP contribution is 2.34. The summed E-state index contributed by atoms with van der Waals surface area (Å²) in [5.41, 5.74) is 7.53. The van der Waals surface area contributed by atoms with Crippen LogP contribution < -0.4 is 5.73 Å². The van der Waals surface area contributed by atoms with Crippen LogP contribution in [0.1, 0.15) is 29.9 Å². The molecule has 0 radical (unpaired) electrons. The van der Waals surface area contributed by atoms with Crippen LogP contribution in [-0.2, 0) is 6.18 Å². The first kappa shape index (κ1) is 19.1. The maximum absolute atomic E-state index is 13.4. The fourth-order valence-corrected chi connectivity index (χ4v) is 3.10. The number of aryl methyl sites for hydroxylation is 1. The van der Waals surface area contributed by atoms with E-state index < -0.39 is 17.8 Å². The second-order valence-corrected chi connectivity index (χ2v) is 6.92. The van der Waals surface area contributed by atoms with Gasteiger partial charge in [-0.1, -0.05) is 18.2 Å². The fourth-order valence-electron chi connectivity index (χ4n) is 3.10. The van der Waals surface area contributed by atoms with Gasteiger partial charge in [0, 0.05) is 22.7 Å². The van der Waals surface area contributed by atoms with E-state index in [0.717, 1.165) is 28.7 Å². The van der Waals surface area contributed by atoms with E-state index in [0.29, 0.717) is 11.4 Å². The fraction of sp³-hybridized carbons (Fsp3) is 0.190. The smallest absolute Gasteiger partial charge is 0.323 e. The normalized spacial score (nSPS) is 13.0. The minimum atomic E-state index is -4.49. The summed E-state index contributed by atoms with van der Waals surface area (Å²) >= 11 is 0. The van der Waals surface area contributed by atoms with E-state index in [9.17, 15) is 13.2 Å². The first-order valence-electron chi connectivity index (χ1n) is 8.99. The maximum atomic E-state index is 13.4. The molecule has 8 heteroatoms. The molecule has 0 fully saturated rings. The number of benzene rings is 1. The van der Waals surface area contributed by atoms with E-state index in [4.69, 9.17) is 5.73 Å². The van der Waals surface area contributed by atoms with Crippen LogP contribution >= 0.6 is 0 Å². The third kappa shape index (κ3) is 3.71. The molecule has 148 valence electrons. The van der Waals surface area contributed by atoms with Crippen molar-refractivity contribution >= 4 is 10.9 Å². The maximum Gasteiger partial charge on any atom is 0.416 e. The van der Waals surface area contributed by atoms with Crippen LogP contribution in [0.5, 0.6) is 0 Å². The minimum absolute atomic E-state index is 0.184. The summed E-state index contributed by atoms with van der Waals surface area (Å²) in [4.78, 5) is 8.83. The van der Waals surface area contributed by atoms with Crippen molar-refractivity contribution in [3.8, 4) is 17.1 Å². The molecule has 3 aromatic heterocycles. The van der Waals surface area contributed by atoms with Gasteiger partial charge in [0.25, 0.3) is 0 Å². The average molecular weight is 397 g/mol. The van der Waals surface area contributed by atoms with Crippen LogP contribution in [0.4, 0.5) is 13.2 Å². The molecule has 0 saturated heterocycles. The highest BCUT2D eigenvalue weighted by molar-refractivity contribution is 5.85. The van der Waals surface area contributed by atoms with Crippen molar-refractivity contribution in [3.63, 3.8) is 0 Å². The summed E-state index contributed by atoms with van der Waals surface area (Å²) in [6.07, 6.45) is -2.80.